The maximum absolute atomic E-state index is 13.4. The molecular weight excluding hydrogens is 554 g/mol. The number of ether oxygens (including phenoxy) is 2. The van der Waals surface area contributed by atoms with Crippen LogP contribution in [0.15, 0.2) is 82.5 Å². The Labute approximate surface area is 244 Å². The first-order valence-corrected chi connectivity index (χ1v) is 13.2. The van der Waals surface area contributed by atoms with E-state index in [0.717, 1.165) is 18.7 Å². The van der Waals surface area contributed by atoms with Crippen LogP contribution in [-0.2, 0) is 13.0 Å². The van der Waals surface area contributed by atoms with Crippen molar-refractivity contribution < 1.29 is 23.7 Å². The zero-order chi connectivity index (χ0) is 29.8. The van der Waals surface area contributed by atoms with Crippen molar-refractivity contribution in [2.75, 3.05) is 24.3 Å². The number of methoxy groups -OCH3 is 1. The fourth-order valence-corrected chi connectivity index (χ4v) is 4.72. The van der Waals surface area contributed by atoms with Gasteiger partial charge in [0.15, 0.2) is 17.2 Å². The summed E-state index contributed by atoms with van der Waals surface area (Å²) in [4.78, 5) is 28.2. The van der Waals surface area contributed by atoms with Gasteiger partial charge in [0, 0.05) is 17.8 Å². The maximum atomic E-state index is 13.4. The number of amides is 1. The summed E-state index contributed by atoms with van der Waals surface area (Å²) in [5.74, 6) is -0.645. The largest absolute Gasteiger partial charge is 0.493 e. The Morgan fingerprint density at radius 1 is 1.07 bits per heavy atom. The molecule has 14 nitrogen and oxygen atoms in total. The first kappa shape index (κ1) is 27.1. The van der Waals surface area contributed by atoms with E-state index in [2.05, 4.69) is 42.1 Å². The van der Waals surface area contributed by atoms with E-state index in [1.54, 1.807) is 48.5 Å². The number of nitrogens with two attached hydrogens (primary N) is 1. The Kier molecular flexibility index (Phi) is 7.46. The molecule has 6 rings (SSSR count). The van der Waals surface area contributed by atoms with Gasteiger partial charge in [-0.25, -0.2) is 14.8 Å². The first-order chi connectivity index (χ1) is 21.0. The number of nitrogen functional groups attached to an aromatic ring is 1. The lowest BCUT2D eigenvalue weighted by atomic mass is 10.2. The van der Waals surface area contributed by atoms with E-state index in [0.29, 0.717) is 22.6 Å². The van der Waals surface area contributed by atoms with Gasteiger partial charge in [-0.05, 0) is 52.6 Å². The molecule has 5 aromatic rings. The number of carbonyl (C=O) groups is 2. The van der Waals surface area contributed by atoms with E-state index >= 15 is 0 Å². The summed E-state index contributed by atoms with van der Waals surface area (Å²) in [5.41, 5.74) is 11.8. The third-order valence-electron chi connectivity index (χ3n) is 6.80. The summed E-state index contributed by atoms with van der Waals surface area (Å²) in [6.07, 6.45) is 2.20. The summed E-state index contributed by atoms with van der Waals surface area (Å²) in [7, 11) is 1.46. The van der Waals surface area contributed by atoms with Crippen LogP contribution in [0.5, 0.6) is 11.5 Å². The number of nitrogens with zero attached hydrogens (tertiary/aromatic N) is 7. The standard InChI is InChI=1S/C29H25N9O5/c1-41-23-13-7-11-20(25(23)42-29(40)19-9-3-2-4-10-19)16-31-33-28(39)24-22(38(36-32-24)27-26(30)34-43-35-27)17-37-15-14-18-8-5-6-12-21(18)37/h2-13,16H,14-15,17H2,1H3,(H2,30,34)(H,33,39)/b31-16+. The van der Waals surface area contributed by atoms with Crippen LogP contribution in [0, 0.1) is 0 Å². The summed E-state index contributed by atoms with van der Waals surface area (Å²) in [5, 5.41) is 19.8. The molecule has 0 saturated carbocycles. The van der Waals surface area contributed by atoms with Gasteiger partial charge in [0.25, 0.3) is 5.91 Å². The van der Waals surface area contributed by atoms with Gasteiger partial charge < -0.3 is 20.1 Å². The molecular formula is C29H25N9O5. The second kappa shape index (κ2) is 11.8. The van der Waals surface area contributed by atoms with Gasteiger partial charge in [0.1, 0.15) is 0 Å². The van der Waals surface area contributed by atoms with Gasteiger partial charge in [-0.3, -0.25) is 4.79 Å². The third-order valence-corrected chi connectivity index (χ3v) is 6.80. The molecule has 216 valence electrons. The van der Waals surface area contributed by atoms with Gasteiger partial charge >= 0.3 is 5.97 Å². The number of esters is 1. The summed E-state index contributed by atoms with van der Waals surface area (Å²) < 4.78 is 17.1. The lowest BCUT2D eigenvalue weighted by Crippen LogP contribution is -2.26. The predicted molar refractivity (Wildman–Crippen MR) is 154 cm³/mol. The minimum Gasteiger partial charge on any atom is -0.493 e. The van der Waals surface area contributed by atoms with Gasteiger partial charge in [-0.15, -0.1) is 5.10 Å². The van der Waals surface area contributed by atoms with Crippen LogP contribution in [-0.4, -0.2) is 57.1 Å². The van der Waals surface area contributed by atoms with Crippen molar-refractivity contribution in [3.63, 3.8) is 0 Å². The Morgan fingerprint density at radius 3 is 2.67 bits per heavy atom. The Morgan fingerprint density at radius 2 is 1.88 bits per heavy atom. The van der Waals surface area contributed by atoms with Crippen molar-refractivity contribution in [3.8, 4) is 17.3 Å². The molecule has 1 aliphatic rings. The second-order valence-corrected chi connectivity index (χ2v) is 9.40. The molecule has 3 heterocycles. The van der Waals surface area contributed by atoms with Crippen molar-refractivity contribution >= 4 is 29.6 Å². The number of nitrogens with one attached hydrogen (secondary N) is 1. The highest BCUT2D eigenvalue weighted by Gasteiger charge is 2.28. The second-order valence-electron chi connectivity index (χ2n) is 9.40. The highest BCUT2D eigenvalue weighted by atomic mass is 16.6. The maximum Gasteiger partial charge on any atom is 0.343 e. The normalized spacial score (nSPS) is 12.3. The topological polar surface area (TPSA) is 176 Å². The molecule has 3 aromatic carbocycles. The lowest BCUT2D eigenvalue weighted by Gasteiger charge is -2.19. The molecule has 14 heteroatoms. The number of benzene rings is 3. The van der Waals surface area contributed by atoms with Crippen LogP contribution in [0.1, 0.15) is 37.7 Å². The van der Waals surface area contributed by atoms with E-state index in [9.17, 15) is 9.59 Å². The van der Waals surface area contributed by atoms with Gasteiger partial charge in [-0.1, -0.05) is 47.7 Å². The smallest absolute Gasteiger partial charge is 0.343 e. The highest BCUT2D eigenvalue weighted by Crippen LogP contribution is 2.32. The summed E-state index contributed by atoms with van der Waals surface area (Å²) >= 11 is 0. The highest BCUT2D eigenvalue weighted by molar-refractivity contribution is 5.96. The van der Waals surface area contributed by atoms with Crippen LogP contribution in [0.3, 0.4) is 0 Å². The fourth-order valence-electron chi connectivity index (χ4n) is 4.72. The Hall–Kier alpha value is -6.05. The molecule has 0 radical (unpaired) electrons. The molecule has 2 aromatic heterocycles. The molecule has 0 unspecified atom stereocenters. The van der Waals surface area contributed by atoms with E-state index < -0.39 is 11.9 Å². The molecule has 0 saturated heterocycles. The number of aromatic nitrogens is 5. The Bertz CT molecular complexity index is 1820. The third kappa shape index (κ3) is 5.48. The van der Waals surface area contributed by atoms with Crippen LogP contribution in [0.25, 0.3) is 5.82 Å². The number of anilines is 2. The van der Waals surface area contributed by atoms with E-state index in [1.165, 1.54) is 23.6 Å². The number of fused-ring (bicyclic) bond motifs is 1. The van der Waals surface area contributed by atoms with E-state index in [4.69, 9.17) is 19.8 Å². The van der Waals surface area contributed by atoms with Gasteiger partial charge in [0.05, 0.1) is 31.1 Å². The summed E-state index contributed by atoms with van der Waals surface area (Å²) in [6, 6.07) is 21.6. The van der Waals surface area contributed by atoms with Crippen molar-refractivity contribution in [3.05, 3.63) is 101 Å². The van der Waals surface area contributed by atoms with Gasteiger partial charge in [-0.2, -0.15) is 9.78 Å². The van der Waals surface area contributed by atoms with Crippen molar-refractivity contribution in [2.24, 2.45) is 5.10 Å². The number of para-hydroxylation sites is 2. The number of rotatable bonds is 9. The molecule has 1 amide bonds. The average Bonchev–Trinajstić information content (AvgIpc) is 3.77. The van der Waals surface area contributed by atoms with Crippen LogP contribution >= 0.6 is 0 Å². The molecule has 0 atom stereocenters. The zero-order valence-corrected chi connectivity index (χ0v) is 22.9. The van der Waals surface area contributed by atoms with Crippen LogP contribution < -0.4 is 25.5 Å². The number of hydrazone groups is 1. The van der Waals surface area contributed by atoms with Gasteiger partial charge in [0.2, 0.25) is 11.6 Å². The average molecular weight is 580 g/mol. The first-order valence-electron chi connectivity index (χ1n) is 13.2. The predicted octanol–water partition coefficient (Wildman–Crippen LogP) is 2.79. The molecule has 0 bridgehead atoms. The quantitative estimate of drug-likeness (QED) is 0.114. The molecule has 0 spiro atoms. The minimum absolute atomic E-state index is 0.00491. The van der Waals surface area contributed by atoms with E-state index in [1.807, 2.05) is 18.2 Å². The van der Waals surface area contributed by atoms with Crippen molar-refractivity contribution in [1.82, 2.24) is 30.7 Å². The van der Waals surface area contributed by atoms with Crippen LogP contribution in [0.2, 0.25) is 0 Å². The summed E-state index contributed by atoms with van der Waals surface area (Å²) in [6.45, 7) is 1.01. The van der Waals surface area contributed by atoms with Crippen molar-refractivity contribution in [2.45, 2.75) is 13.0 Å². The monoisotopic (exact) mass is 579 g/mol. The molecule has 43 heavy (non-hydrogen) atoms. The molecule has 3 N–H and O–H groups in total. The fraction of sp³-hybridized carbons (Fsp3) is 0.138. The molecule has 0 aliphatic carbocycles. The number of carbonyl (C=O) groups excluding carboxylic acids is 2. The number of hydrogen-bond donors (Lipinski definition) is 2. The SMILES string of the molecule is COc1cccc(/C=N/NC(=O)c2nnn(-c3nonc3N)c2CN2CCc3ccccc32)c1OC(=O)c1ccccc1. The number of hydrogen-bond acceptors (Lipinski definition) is 12. The van der Waals surface area contributed by atoms with Crippen molar-refractivity contribution in [1.29, 1.82) is 0 Å². The molecule has 1 aliphatic heterocycles. The molecule has 0 fully saturated rings. The van der Waals surface area contributed by atoms with E-state index in [-0.39, 0.29) is 29.6 Å². The zero-order valence-electron chi connectivity index (χ0n) is 22.9. The van der Waals surface area contributed by atoms with Crippen LogP contribution in [0.4, 0.5) is 11.5 Å². The lowest BCUT2D eigenvalue weighted by molar-refractivity contribution is 0.0729. The minimum atomic E-state index is -0.634. The Balaban J connectivity index is 1.26.